The summed E-state index contributed by atoms with van der Waals surface area (Å²) in [5, 5.41) is 3.76. The molecule has 1 unspecified atom stereocenters. The smallest absolute Gasteiger partial charge is 0.229 e. The number of nitrogens with zero attached hydrogens (tertiary/aromatic N) is 3. The molecule has 0 aromatic carbocycles. The average Bonchev–Trinajstić information content (AvgIpc) is 3.31. The first kappa shape index (κ1) is 22.3. The number of thiazole rings is 1. The normalized spacial score (nSPS) is 17.6. The summed E-state index contributed by atoms with van der Waals surface area (Å²) in [6, 6.07) is 0.544. The van der Waals surface area contributed by atoms with Crippen LogP contribution < -0.4 is 5.32 Å². The van der Waals surface area contributed by atoms with Crippen LogP contribution in [0.5, 0.6) is 0 Å². The summed E-state index contributed by atoms with van der Waals surface area (Å²) in [6.45, 7) is 14.8. The van der Waals surface area contributed by atoms with Gasteiger partial charge in [0.15, 0.2) is 5.13 Å². The number of thioether (sulfide) groups is 1. The van der Waals surface area contributed by atoms with Gasteiger partial charge in [-0.25, -0.2) is 9.97 Å². The largest absolute Gasteiger partial charge is 0.444 e. The number of piperidine rings is 1. The van der Waals surface area contributed by atoms with E-state index >= 15 is 0 Å². The van der Waals surface area contributed by atoms with Gasteiger partial charge < -0.3 is 14.6 Å². The third-order valence-electron chi connectivity index (χ3n) is 5.25. The Labute approximate surface area is 181 Å². The molecule has 160 valence electrons. The Morgan fingerprint density at radius 3 is 2.52 bits per heavy atom. The molecule has 1 amide bonds. The molecule has 1 saturated heterocycles. The number of rotatable bonds is 6. The molecule has 3 rings (SSSR count). The van der Waals surface area contributed by atoms with E-state index in [-0.39, 0.29) is 22.5 Å². The van der Waals surface area contributed by atoms with Crippen LogP contribution in [0.4, 0.5) is 5.13 Å². The molecule has 1 atom stereocenters. The third-order valence-corrected chi connectivity index (χ3v) is 7.39. The van der Waals surface area contributed by atoms with Crippen molar-refractivity contribution >= 4 is 34.1 Å². The van der Waals surface area contributed by atoms with E-state index in [1.165, 1.54) is 11.3 Å². The molecule has 1 fully saturated rings. The van der Waals surface area contributed by atoms with E-state index in [9.17, 15) is 4.79 Å². The number of anilines is 1. The van der Waals surface area contributed by atoms with Crippen molar-refractivity contribution in [3.8, 4) is 0 Å². The van der Waals surface area contributed by atoms with E-state index in [1.807, 2.05) is 12.4 Å². The lowest BCUT2D eigenvalue weighted by Gasteiger charge is -2.33. The summed E-state index contributed by atoms with van der Waals surface area (Å²) in [5.74, 6) is 1.78. The van der Waals surface area contributed by atoms with E-state index in [1.54, 1.807) is 11.8 Å². The van der Waals surface area contributed by atoms with Crippen molar-refractivity contribution in [3.05, 3.63) is 24.0 Å². The van der Waals surface area contributed by atoms with Gasteiger partial charge in [0.2, 0.25) is 11.8 Å². The minimum atomic E-state index is -0.0527. The molecule has 2 aromatic rings. The van der Waals surface area contributed by atoms with Gasteiger partial charge in [-0.1, -0.05) is 32.1 Å². The van der Waals surface area contributed by atoms with E-state index in [0.29, 0.717) is 11.2 Å². The topological polar surface area (TPSA) is 71.3 Å². The molecular formula is C21H32N4O2S2. The van der Waals surface area contributed by atoms with E-state index in [0.717, 1.165) is 41.8 Å². The molecule has 0 aliphatic carbocycles. The lowest BCUT2D eigenvalue weighted by atomic mass is 9.94. The Kier molecular flexibility index (Phi) is 7.06. The Bertz CT molecular complexity index is 817. The van der Waals surface area contributed by atoms with Crippen LogP contribution in [-0.2, 0) is 10.2 Å². The molecule has 8 heteroatoms. The number of oxazole rings is 1. The highest BCUT2D eigenvalue weighted by molar-refractivity contribution is 8.01. The minimum absolute atomic E-state index is 0.0527. The third kappa shape index (κ3) is 5.83. The first-order valence-corrected chi connectivity index (χ1v) is 12.0. The Hall–Kier alpha value is -1.38. The number of nitrogens with one attached hydrogen (secondary N) is 1. The monoisotopic (exact) mass is 436 g/mol. The molecule has 3 heterocycles. The fraction of sp³-hybridized carbons (Fsp3) is 0.667. The van der Waals surface area contributed by atoms with E-state index in [4.69, 9.17) is 4.42 Å². The van der Waals surface area contributed by atoms with Crippen LogP contribution in [0.25, 0.3) is 0 Å². The van der Waals surface area contributed by atoms with Crippen molar-refractivity contribution in [2.45, 2.75) is 75.3 Å². The molecule has 29 heavy (non-hydrogen) atoms. The second-order valence-electron chi connectivity index (χ2n) is 8.95. The fourth-order valence-electron chi connectivity index (χ4n) is 3.30. The van der Waals surface area contributed by atoms with Crippen LogP contribution in [0.1, 0.15) is 71.3 Å². The minimum Gasteiger partial charge on any atom is -0.444 e. The van der Waals surface area contributed by atoms with Crippen molar-refractivity contribution < 1.29 is 9.21 Å². The van der Waals surface area contributed by atoms with Crippen LogP contribution in [0, 0.1) is 5.92 Å². The Morgan fingerprint density at radius 1 is 1.24 bits per heavy atom. The number of hydrogen-bond acceptors (Lipinski definition) is 7. The predicted octanol–water partition coefficient (Wildman–Crippen LogP) is 5.34. The van der Waals surface area contributed by atoms with Crippen LogP contribution in [0.2, 0.25) is 0 Å². The predicted molar refractivity (Wildman–Crippen MR) is 120 cm³/mol. The van der Waals surface area contributed by atoms with Crippen molar-refractivity contribution in [1.29, 1.82) is 0 Å². The molecule has 0 bridgehead atoms. The zero-order valence-corrected chi connectivity index (χ0v) is 19.8. The molecule has 2 aromatic heterocycles. The van der Waals surface area contributed by atoms with Crippen molar-refractivity contribution in [2.75, 3.05) is 18.4 Å². The highest BCUT2D eigenvalue weighted by Gasteiger charge is 2.27. The summed E-state index contributed by atoms with van der Waals surface area (Å²) in [6.07, 6.45) is 5.45. The highest BCUT2D eigenvalue weighted by atomic mass is 32.2. The van der Waals surface area contributed by atoms with Gasteiger partial charge in [-0.05, 0) is 46.7 Å². The Morgan fingerprint density at radius 2 is 1.93 bits per heavy atom. The molecule has 1 N–H and O–H groups in total. The van der Waals surface area contributed by atoms with Gasteiger partial charge in [0.25, 0.3) is 0 Å². The van der Waals surface area contributed by atoms with Crippen LogP contribution >= 0.6 is 23.1 Å². The van der Waals surface area contributed by atoms with Crippen LogP contribution in [0.15, 0.2) is 21.0 Å². The molecule has 6 nitrogen and oxygen atoms in total. The summed E-state index contributed by atoms with van der Waals surface area (Å²) < 4.78 is 6.98. The highest BCUT2D eigenvalue weighted by Crippen LogP contribution is 2.39. The zero-order chi connectivity index (χ0) is 21.2. The van der Waals surface area contributed by atoms with Gasteiger partial charge in [0.1, 0.15) is 5.76 Å². The van der Waals surface area contributed by atoms with Gasteiger partial charge >= 0.3 is 0 Å². The van der Waals surface area contributed by atoms with Crippen molar-refractivity contribution in [2.24, 2.45) is 5.92 Å². The summed E-state index contributed by atoms with van der Waals surface area (Å²) in [4.78, 5) is 23.9. The molecule has 1 aliphatic heterocycles. The summed E-state index contributed by atoms with van der Waals surface area (Å²) in [5.41, 5.74) is -0.0527. The first-order valence-electron chi connectivity index (χ1n) is 10.3. The average molecular weight is 437 g/mol. The number of amides is 1. The van der Waals surface area contributed by atoms with Crippen LogP contribution in [-0.4, -0.2) is 39.9 Å². The van der Waals surface area contributed by atoms with Crippen molar-refractivity contribution in [3.63, 3.8) is 0 Å². The number of carbonyl (C=O) groups excluding carboxylic acids is 1. The molecule has 0 radical (unpaired) electrons. The number of aromatic nitrogens is 2. The van der Waals surface area contributed by atoms with Gasteiger partial charge in [-0.15, -0.1) is 11.8 Å². The summed E-state index contributed by atoms with van der Waals surface area (Å²) in [7, 11) is 0. The number of hydrogen-bond donors (Lipinski definition) is 1. The maximum atomic E-state index is 12.6. The zero-order valence-electron chi connectivity index (χ0n) is 18.2. The number of carbonyl (C=O) groups is 1. The van der Waals surface area contributed by atoms with Gasteiger partial charge in [-0.2, -0.15) is 0 Å². The fourth-order valence-corrected chi connectivity index (χ4v) is 5.39. The second kappa shape index (κ2) is 9.18. The SMILES string of the molecule is CC(Sc1cnc(NC(=O)C2CCN(C(C)C)CC2)s1)c1ncc(C(C)(C)C)o1. The first-order chi connectivity index (χ1) is 13.6. The van der Waals surface area contributed by atoms with E-state index in [2.05, 4.69) is 61.7 Å². The molecule has 1 aliphatic rings. The summed E-state index contributed by atoms with van der Waals surface area (Å²) >= 11 is 3.16. The Balaban J connectivity index is 1.53. The van der Waals surface area contributed by atoms with Crippen LogP contribution in [0.3, 0.4) is 0 Å². The maximum Gasteiger partial charge on any atom is 0.229 e. The van der Waals surface area contributed by atoms with E-state index < -0.39 is 0 Å². The molecule has 0 saturated carbocycles. The second-order valence-corrected chi connectivity index (χ2v) is 11.6. The molecule has 0 spiro atoms. The van der Waals surface area contributed by atoms with Gasteiger partial charge in [-0.3, -0.25) is 4.79 Å². The lowest BCUT2D eigenvalue weighted by Crippen LogP contribution is -2.41. The maximum absolute atomic E-state index is 12.6. The quantitative estimate of drug-likeness (QED) is 0.616. The number of likely N-dealkylation sites (tertiary alicyclic amines) is 1. The molecular weight excluding hydrogens is 404 g/mol. The standard InChI is InChI=1S/C21H32N4O2S2/c1-13(2)25-9-7-15(8-10-25)18(26)24-20-23-12-17(29-20)28-14(3)19-22-11-16(27-19)21(4,5)6/h11-15H,7-10H2,1-6H3,(H,23,24,26). The van der Waals surface area contributed by atoms with Crippen molar-refractivity contribution in [1.82, 2.24) is 14.9 Å². The van der Waals surface area contributed by atoms with Gasteiger partial charge in [0.05, 0.1) is 21.9 Å². The van der Waals surface area contributed by atoms with Gasteiger partial charge in [0, 0.05) is 17.4 Å². The lowest BCUT2D eigenvalue weighted by molar-refractivity contribution is -0.121.